The molecule has 0 amide bonds. The fourth-order valence-corrected chi connectivity index (χ4v) is 5.12. The number of fused-ring (bicyclic) bond motifs is 1. The first-order chi connectivity index (χ1) is 20.0. The Balaban J connectivity index is 1.21. The zero-order valence-corrected chi connectivity index (χ0v) is 22.2. The summed E-state index contributed by atoms with van der Waals surface area (Å²) in [5, 5.41) is 18.2. The first-order valence-corrected chi connectivity index (χ1v) is 13.4. The Kier molecular flexibility index (Phi) is 7.18. The van der Waals surface area contributed by atoms with Gasteiger partial charge in [-0.2, -0.15) is 0 Å². The van der Waals surface area contributed by atoms with Gasteiger partial charge in [0.25, 0.3) is 10.9 Å². The monoisotopic (exact) mass is 548 g/mol. The first kappa shape index (κ1) is 26.2. The van der Waals surface area contributed by atoms with Crippen LogP contribution in [0.5, 0.6) is 0 Å². The van der Waals surface area contributed by atoms with Crippen LogP contribution in [0, 0.1) is 0 Å². The molecule has 1 saturated heterocycles. The summed E-state index contributed by atoms with van der Waals surface area (Å²) in [6.45, 7) is 1.85. The molecule has 1 atom stereocenters. The van der Waals surface area contributed by atoms with Crippen molar-refractivity contribution < 1.29 is 14.6 Å². The van der Waals surface area contributed by atoms with Gasteiger partial charge in [0, 0.05) is 36.1 Å². The number of hydrogen-bond acceptors (Lipinski definition) is 8. The molecule has 206 valence electrons. The molecule has 0 aliphatic carbocycles. The molecule has 3 N–H and O–H groups in total. The molecule has 41 heavy (non-hydrogen) atoms. The van der Waals surface area contributed by atoms with Gasteiger partial charge < -0.3 is 25.4 Å². The molecular weight excluding hydrogens is 520 g/mol. The fourth-order valence-electron chi connectivity index (χ4n) is 5.12. The Hall–Kier alpha value is -5.02. The van der Waals surface area contributed by atoms with Gasteiger partial charge in [-0.25, -0.2) is 9.78 Å². The number of carboxylic acid groups (broad SMARTS) is 1. The van der Waals surface area contributed by atoms with Crippen molar-refractivity contribution in [2.45, 2.75) is 12.5 Å². The normalized spacial score (nSPS) is 14.2. The number of carbonyl (C=O) groups is 1. The molecule has 0 bridgehead atoms. The van der Waals surface area contributed by atoms with Gasteiger partial charge in [0.15, 0.2) is 0 Å². The fraction of sp³-hybridized carbons (Fsp3) is 0.188. The van der Waals surface area contributed by atoms with Gasteiger partial charge in [-0.15, -0.1) is 0 Å². The Morgan fingerprint density at radius 2 is 1.63 bits per heavy atom. The number of aromatic nitrogens is 1. The topological polar surface area (TPSA) is 121 Å². The van der Waals surface area contributed by atoms with E-state index >= 15 is 0 Å². The smallest absolute Gasteiger partial charge is 0.326 e. The van der Waals surface area contributed by atoms with E-state index in [1.165, 1.54) is 0 Å². The molecule has 1 unspecified atom stereocenters. The highest BCUT2D eigenvalue weighted by atomic mass is 16.5. The third kappa shape index (κ3) is 5.39. The highest BCUT2D eigenvalue weighted by Crippen LogP contribution is 2.30. The molecule has 1 fully saturated rings. The Labute approximate surface area is 235 Å². The van der Waals surface area contributed by atoms with Crippen LogP contribution in [0.4, 0.5) is 22.9 Å². The predicted octanol–water partition coefficient (Wildman–Crippen LogP) is 4.19. The van der Waals surface area contributed by atoms with Crippen molar-refractivity contribution in [3.8, 4) is 11.3 Å². The van der Waals surface area contributed by atoms with Crippen LogP contribution in [-0.4, -0.2) is 48.4 Å². The molecule has 0 saturated carbocycles. The van der Waals surface area contributed by atoms with Gasteiger partial charge >= 0.3 is 5.97 Å². The highest BCUT2D eigenvalue weighted by molar-refractivity contribution is 5.96. The van der Waals surface area contributed by atoms with Crippen molar-refractivity contribution in [1.29, 1.82) is 0 Å². The molecule has 1 aromatic heterocycles. The van der Waals surface area contributed by atoms with Crippen LogP contribution < -0.4 is 26.4 Å². The average Bonchev–Trinajstić information content (AvgIpc) is 3.01. The number of pyridine rings is 1. The second kappa shape index (κ2) is 11.2. The van der Waals surface area contributed by atoms with Crippen LogP contribution in [0.3, 0.4) is 0 Å². The molecule has 9 heteroatoms. The maximum Gasteiger partial charge on any atom is 0.326 e. The molecule has 5 aromatic rings. The van der Waals surface area contributed by atoms with Crippen molar-refractivity contribution >= 4 is 39.6 Å². The van der Waals surface area contributed by atoms with Crippen molar-refractivity contribution in [3.05, 3.63) is 111 Å². The van der Waals surface area contributed by atoms with Crippen molar-refractivity contribution in [2.24, 2.45) is 0 Å². The van der Waals surface area contributed by atoms with E-state index in [-0.39, 0.29) is 17.8 Å². The number of hydrogen-bond donors (Lipinski definition) is 3. The number of carboxylic acids is 1. The SMILES string of the molecule is O=C(O)C(Cc1ccc(Nc2nc(-c3ccccc3)cc3ccccc23)cc1)Nc1c(N2CCOCC2)c(=O)c1=O. The number of nitrogens with zero attached hydrogens (tertiary/aromatic N) is 2. The van der Waals surface area contributed by atoms with Gasteiger partial charge in [0.1, 0.15) is 23.2 Å². The third-order valence-electron chi connectivity index (χ3n) is 7.30. The van der Waals surface area contributed by atoms with E-state index in [2.05, 4.69) is 22.8 Å². The minimum Gasteiger partial charge on any atom is -0.480 e. The number of morpholine rings is 1. The summed E-state index contributed by atoms with van der Waals surface area (Å²) in [4.78, 5) is 43.3. The minimum atomic E-state index is -1.11. The lowest BCUT2D eigenvalue weighted by molar-refractivity contribution is -0.137. The summed E-state index contributed by atoms with van der Waals surface area (Å²) >= 11 is 0. The van der Waals surface area contributed by atoms with Crippen LogP contribution in [0.25, 0.3) is 22.0 Å². The van der Waals surface area contributed by atoms with Gasteiger partial charge in [-0.1, -0.05) is 66.7 Å². The van der Waals surface area contributed by atoms with Gasteiger partial charge in [-0.3, -0.25) is 9.59 Å². The summed E-state index contributed by atoms with van der Waals surface area (Å²) in [5.41, 5.74) is 2.48. The third-order valence-corrected chi connectivity index (χ3v) is 7.30. The van der Waals surface area contributed by atoms with Crippen molar-refractivity contribution in [3.63, 3.8) is 0 Å². The maximum atomic E-state index is 12.3. The van der Waals surface area contributed by atoms with Crippen molar-refractivity contribution in [1.82, 2.24) is 4.98 Å². The van der Waals surface area contributed by atoms with Crippen LogP contribution in [-0.2, 0) is 16.0 Å². The van der Waals surface area contributed by atoms with Crippen LogP contribution in [0.2, 0.25) is 0 Å². The van der Waals surface area contributed by atoms with Gasteiger partial charge in [0.05, 0.1) is 18.9 Å². The molecule has 9 nitrogen and oxygen atoms in total. The largest absolute Gasteiger partial charge is 0.480 e. The number of nitrogens with one attached hydrogen (secondary N) is 2. The molecular formula is C32H28N4O5. The number of benzene rings is 3. The molecule has 4 aromatic carbocycles. The zero-order valence-electron chi connectivity index (χ0n) is 22.2. The minimum absolute atomic E-state index is 0.0684. The second-order valence-corrected chi connectivity index (χ2v) is 9.99. The summed E-state index contributed by atoms with van der Waals surface area (Å²) in [7, 11) is 0. The zero-order chi connectivity index (χ0) is 28.3. The van der Waals surface area contributed by atoms with E-state index in [0.717, 1.165) is 39.1 Å². The van der Waals surface area contributed by atoms with Crippen LogP contribution >= 0.6 is 0 Å². The second-order valence-electron chi connectivity index (χ2n) is 9.99. The van der Waals surface area contributed by atoms with E-state index in [0.29, 0.717) is 26.3 Å². The lowest BCUT2D eigenvalue weighted by Gasteiger charge is -2.31. The summed E-state index contributed by atoms with van der Waals surface area (Å²) in [6.07, 6.45) is 0.127. The van der Waals surface area contributed by atoms with E-state index in [9.17, 15) is 19.5 Å². The lowest BCUT2D eigenvalue weighted by Crippen LogP contribution is -2.48. The molecule has 2 heterocycles. The summed E-state index contributed by atoms with van der Waals surface area (Å²) in [6, 6.07) is 26.4. The molecule has 6 rings (SSSR count). The Morgan fingerprint density at radius 1 is 0.927 bits per heavy atom. The van der Waals surface area contributed by atoms with Crippen LogP contribution in [0.15, 0.2) is 94.5 Å². The Bertz CT molecular complexity index is 1770. The molecule has 0 radical (unpaired) electrons. The number of anilines is 4. The van der Waals surface area contributed by atoms with Crippen LogP contribution in [0.1, 0.15) is 5.56 Å². The maximum absolute atomic E-state index is 12.3. The van der Waals surface area contributed by atoms with E-state index in [1.807, 2.05) is 72.8 Å². The number of aliphatic carboxylic acids is 1. The number of ether oxygens (including phenoxy) is 1. The molecule has 1 aliphatic heterocycles. The molecule has 1 aliphatic rings. The lowest BCUT2D eigenvalue weighted by atomic mass is 10.0. The quantitative estimate of drug-likeness (QED) is 0.233. The Morgan fingerprint density at radius 3 is 2.37 bits per heavy atom. The van der Waals surface area contributed by atoms with E-state index < -0.39 is 22.9 Å². The number of rotatable bonds is 9. The average molecular weight is 549 g/mol. The summed E-state index contributed by atoms with van der Waals surface area (Å²) in [5.74, 6) is -0.392. The van der Waals surface area contributed by atoms with Crippen molar-refractivity contribution in [2.75, 3.05) is 41.8 Å². The van der Waals surface area contributed by atoms with E-state index in [1.54, 1.807) is 4.90 Å². The molecule has 0 spiro atoms. The first-order valence-electron chi connectivity index (χ1n) is 13.4. The highest BCUT2D eigenvalue weighted by Gasteiger charge is 2.30. The van der Waals surface area contributed by atoms with E-state index in [4.69, 9.17) is 9.72 Å². The van der Waals surface area contributed by atoms with Gasteiger partial charge in [0.2, 0.25) is 0 Å². The summed E-state index contributed by atoms with van der Waals surface area (Å²) < 4.78 is 5.32. The predicted molar refractivity (Wildman–Crippen MR) is 160 cm³/mol. The van der Waals surface area contributed by atoms with Gasteiger partial charge in [-0.05, 0) is 29.1 Å². The standard InChI is InChI=1S/C32H28N4O5/c37-29-27(28(30(29)38)36-14-16-41-17-15-36)34-26(32(39)40)18-20-10-12-23(13-11-20)33-31-24-9-5-4-8-22(24)19-25(35-31)21-6-2-1-3-7-21/h1-13,19,26,34H,14-18H2,(H,33,35)(H,39,40).